The second-order valence-electron chi connectivity index (χ2n) is 11.8. The molecule has 0 spiro atoms. The maximum atomic E-state index is 14.1. The minimum Gasteiger partial charge on any atom is -0.346 e. The fourth-order valence-electron chi connectivity index (χ4n) is 6.11. The predicted molar refractivity (Wildman–Crippen MR) is 173 cm³/mol. The van der Waals surface area contributed by atoms with Gasteiger partial charge in [-0.1, -0.05) is 24.3 Å². The topological polar surface area (TPSA) is 82.1 Å². The first kappa shape index (κ1) is 29.7. The Morgan fingerprint density at radius 3 is 2.59 bits per heavy atom. The molecule has 0 aliphatic carbocycles. The summed E-state index contributed by atoms with van der Waals surface area (Å²) in [5.74, 6) is 0.152. The van der Waals surface area contributed by atoms with Crippen LogP contribution in [0.2, 0.25) is 0 Å². The first-order valence-electron chi connectivity index (χ1n) is 15.1. The van der Waals surface area contributed by atoms with Crippen LogP contribution >= 0.6 is 0 Å². The van der Waals surface area contributed by atoms with E-state index in [9.17, 15) is 18.0 Å². The monoisotopic (exact) mass is 623 g/mol. The Morgan fingerprint density at radius 2 is 1.78 bits per heavy atom. The molecule has 3 aromatic heterocycles. The molecule has 1 aliphatic rings. The van der Waals surface area contributed by atoms with Crippen molar-refractivity contribution in [2.24, 2.45) is 0 Å². The van der Waals surface area contributed by atoms with Gasteiger partial charge < -0.3 is 19.8 Å². The lowest BCUT2D eigenvalue weighted by Gasteiger charge is -2.33. The van der Waals surface area contributed by atoms with Crippen LogP contribution < -0.4 is 5.32 Å². The Kier molecular flexibility index (Phi) is 7.58. The number of likely N-dealkylation sites (N-methyl/N-ethyl adjacent to an activating group) is 1. The average Bonchev–Trinajstić information content (AvgIpc) is 3.70. The molecule has 7 rings (SSSR count). The summed E-state index contributed by atoms with van der Waals surface area (Å²) in [4.78, 5) is 29.4. The van der Waals surface area contributed by atoms with Crippen molar-refractivity contribution in [3.05, 3.63) is 108 Å². The number of nitrogens with zero attached hydrogens (tertiary/aromatic N) is 5. The Hall–Kier alpha value is -5.00. The summed E-state index contributed by atoms with van der Waals surface area (Å²) in [7, 11) is 2.00. The lowest BCUT2D eigenvalue weighted by molar-refractivity contribution is -0.138. The molecular formula is C35H32F3N7O. The second kappa shape index (κ2) is 11.7. The number of hydrogen-bond donors (Lipinski definition) is 2. The van der Waals surface area contributed by atoms with Crippen molar-refractivity contribution >= 4 is 33.5 Å². The summed E-state index contributed by atoms with van der Waals surface area (Å²) in [6, 6.07) is 19.4. The molecule has 1 aliphatic heterocycles. The minimum absolute atomic E-state index is 0.0447. The van der Waals surface area contributed by atoms with Crippen LogP contribution in [0, 0.1) is 6.92 Å². The SMILES string of the molecule is Cc1ccc(NC(=O)c2ccc(CN3CCN(C)CC3)c(C(F)(F)F)c2)cc1-c1ccc2ccn(-c3ncnc4[nH]ccc34)c2c1. The molecule has 1 amide bonds. The van der Waals surface area contributed by atoms with Crippen LogP contribution in [-0.4, -0.2) is 68.5 Å². The first-order valence-corrected chi connectivity index (χ1v) is 15.1. The van der Waals surface area contributed by atoms with Gasteiger partial charge in [0, 0.05) is 61.8 Å². The van der Waals surface area contributed by atoms with Crippen molar-refractivity contribution < 1.29 is 18.0 Å². The number of piperazine rings is 1. The molecule has 1 fully saturated rings. The van der Waals surface area contributed by atoms with E-state index in [0.717, 1.165) is 63.6 Å². The van der Waals surface area contributed by atoms with Gasteiger partial charge in [-0.15, -0.1) is 0 Å². The van der Waals surface area contributed by atoms with Crippen molar-refractivity contribution in [3.63, 3.8) is 0 Å². The van der Waals surface area contributed by atoms with E-state index in [1.807, 2.05) is 72.2 Å². The number of fused-ring (bicyclic) bond motifs is 2. The summed E-state index contributed by atoms with van der Waals surface area (Å²) in [6.45, 7) is 5.17. The number of aryl methyl sites for hydroxylation is 1. The number of nitrogens with one attached hydrogen (secondary N) is 2. The van der Waals surface area contributed by atoms with E-state index in [-0.39, 0.29) is 17.7 Å². The summed E-state index contributed by atoms with van der Waals surface area (Å²) < 4.78 is 44.4. The molecule has 0 radical (unpaired) electrons. The van der Waals surface area contributed by atoms with E-state index in [4.69, 9.17) is 0 Å². The predicted octanol–water partition coefficient (Wildman–Crippen LogP) is 6.90. The Labute approximate surface area is 263 Å². The third-order valence-corrected chi connectivity index (χ3v) is 8.73. The highest BCUT2D eigenvalue weighted by Crippen LogP contribution is 2.35. The van der Waals surface area contributed by atoms with E-state index in [1.54, 1.807) is 6.07 Å². The minimum atomic E-state index is -4.58. The van der Waals surface area contributed by atoms with Crippen LogP contribution in [0.3, 0.4) is 0 Å². The number of carbonyl (C=O) groups excluding carboxylic acids is 1. The van der Waals surface area contributed by atoms with Crippen molar-refractivity contribution in [1.29, 1.82) is 0 Å². The highest BCUT2D eigenvalue weighted by atomic mass is 19.4. The zero-order valence-electron chi connectivity index (χ0n) is 25.4. The van der Waals surface area contributed by atoms with Crippen LogP contribution in [0.25, 0.3) is 38.9 Å². The first-order chi connectivity index (χ1) is 22.1. The van der Waals surface area contributed by atoms with Gasteiger partial charge in [-0.3, -0.25) is 9.69 Å². The summed E-state index contributed by atoms with van der Waals surface area (Å²) in [5.41, 5.74) is 4.33. The molecule has 6 aromatic rings. The van der Waals surface area contributed by atoms with Crippen molar-refractivity contribution in [2.75, 3.05) is 38.5 Å². The number of carbonyl (C=O) groups is 1. The number of aromatic nitrogens is 4. The van der Waals surface area contributed by atoms with Crippen molar-refractivity contribution in [1.82, 2.24) is 29.3 Å². The zero-order chi connectivity index (χ0) is 32.0. The molecule has 234 valence electrons. The number of alkyl halides is 3. The van der Waals surface area contributed by atoms with Gasteiger partial charge in [0.25, 0.3) is 5.91 Å². The third kappa shape index (κ3) is 5.75. The number of H-pyrrole nitrogens is 1. The van der Waals surface area contributed by atoms with Gasteiger partial charge in [-0.05, 0) is 78.7 Å². The summed E-state index contributed by atoms with van der Waals surface area (Å²) in [6.07, 6.45) is 0.747. The highest BCUT2D eigenvalue weighted by Gasteiger charge is 2.34. The number of amides is 1. The lowest BCUT2D eigenvalue weighted by atomic mass is 9.98. The maximum absolute atomic E-state index is 14.1. The lowest BCUT2D eigenvalue weighted by Crippen LogP contribution is -2.44. The molecule has 4 heterocycles. The molecule has 0 bridgehead atoms. The fourth-order valence-corrected chi connectivity index (χ4v) is 6.11. The van der Waals surface area contributed by atoms with Crippen LogP contribution in [-0.2, 0) is 12.7 Å². The second-order valence-corrected chi connectivity index (χ2v) is 11.8. The van der Waals surface area contributed by atoms with Gasteiger partial charge in [-0.25, -0.2) is 9.97 Å². The van der Waals surface area contributed by atoms with E-state index < -0.39 is 17.6 Å². The summed E-state index contributed by atoms with van der Waals surface area (Å²) >= 11 is 0. The number of aromatic amines is 1. The number of benzene rings is 3. The molecule has 2 N–H and O–H groups in total. The Morgan fingerprint density at radius 1 is 0.957 bits per heavy atom. The van der Waals surface area contributed by atoms with Gasteiger partial charge in [-0.2, -0.15) is 13.2 Å². The Balaban J connectivity index is 1.16. The molecule has 0 unspecified atom stereocenters. The van der Waals surface area contributed by atoms with E-state index in [2.05, 4.69) is 31.2 Å². The normalized spacial score (nSPS) is 14.7. The molecule has 46 heavy (non-hydrogen) atoms. The van der Waals surface area contributed by atoms with Gasteiger partial charge in [0.05, 0.1) is 16.5 Å². The molecule has 11 heteroatoms. The molecule has 0 saturated carbocycles. The zero-order valence-corrected chi connectivity index (χ0v) is 25.4. The maximum Gasteiger partial charge on any atom is 0.416 e. The number of halogens is 3. The van der Waals surface area contributed by atoms with E-state index in [1.165, 1.54) is 18.5 Å². The number of hydrogen-bond acceptors (Lipinski definition) is 5. The van der Waals surface area contributed by atoms with Crippen LogP contribution in [0.1, 0.15) is 27.0 Å². The fraction of sp³-hybridized carbons (Fsp3) is 0.229. The molecule has 8 nitrogen and oxygen atoms in total. The van der Waals surface area contributed by atoms with Gasteiger partial charge in [0.2, 0.25) is 0 Å². The standard InChI is InChI=1S/C35H32F3N7O/c1-22-3-8-27(42-34(46)25-6-7-26(30(17-25)35(36,37)38)20-44-15-13-43(2)14-16-44)19-29(22)24-5-4-23-10-12-45(31(23)18-24)33-28-9-11-39-32(28)40-21-41-33/h3-12,17-19,21H,13-16,20H2,1-2H3,(H,42,46)(H,39,40,41). The molecule has 1 saturated heterocycles. The average molecular weight is 624 g/mol. The smallest absolute Gasteiger partial charge is 0.346 e. The molecule has 3 aromatic carbocycles. The van der Waals surface area contributed by atoms with Gasteiger partial charge >= 0.3 is 6.18 Å². The largest absolute Gasteiger partial charge is 0.416 e. The highest BCUT2D eigenvalue weighted by molar-refractivity contribution is 6.05. The van der Waals surface area contributed by atoms with E-state index in [0.29, 0.717) is 18.8 Å². The van der Waals surface area contributed by atoms with Crippen molar-refractivity contribution in [2.45, 2.75) is 19.6 Å². The van der Waals surface area contributed by atoms with Crippen molar-refractivity contribution in [3.8, 4) is 16.9 Å². The molecular weight excluding hydrogens is 591 g/mol. The number of anilines is 1. The van der Waals surface area contributed by atoms with Gasteiger partial charge in [0.15, 0.2) is 0 Å². The van der Waals surface area contributed by atoms with Crippen LogP contribution in [0.5, 0.6) is 0 Å². The quantitative estimate of drug-likeness (QED) is 0.211. The summed E-state index contributed by atoms with van der Waals surface area (Å²) in [5, 5.41) is 4.75. The van der Waals surface area contributed by atoms with Crippen LogP contribution in [0.4, 0.5) is 18.9 Å². The third-order valence-electron chi connectivity index (χ3n) is 8.73. The van der Waals surface area contributed by atoms with Crippen LogP contribution in [0.15, 0.2) is 85.5 Å². The number of rotatable bonds is 6. The van der Waals surface area contributed by atoms with E-state index >= 15 is 0 Å². The molecule has 0 atom stereocenters. The van der Waals surface area contributed by atoms with Gasteiger partial charge in [0.1, 0.15) is 17.8 Å². The Bertz CT molecular complexity index is 2070.